The molecule has 1 aromatic rings. The summed E-state index contributed by atoms with van der Waals surface area (Å²) < 4.78 is 10.9. The summed E-state index contributed by atoms with van der Waals surface area (Å²) >= 11 is 0. The monoisotopic (exact) mass is 385 g/mol. The summed E-state index contributed by atoms with van der Waals surface area (Å²) in [5, 5.41) is 2.86. The van der Waals surface area contributed by atoms with Gasteiger partial charge >= 0.3 is 0 Å². The number of hydrogen-bond acceptors (Lipinski definition) is 5. The zero-order valence-corrected chi connectivity index (χ0v) is 15.9. The number of rotatable bonds is 8. The minimum atomic E-state index is -0.0799. The first-order valence-electron chi connectivity index (χ1n) is 8.67. The van der Waals surface area contributed by atoms with E-state index in [0.29, 0.717) is 37.6 Å². The van der Waals surface area contributed by atoms with Crippen LogP contribution in [0.25, 0.3) is 0 Å². The molecule has 1 aromatic carbocycles. The van der Waals surface area contributed by atoms with Gasteiger partial charge in [0.25, 0.3) is 5.91 Å². The van der Waals surface area contributed by atoms with Gasteiger partial charge in [0.05, 0.1) is 7.11 Å². The van der Waals surface area contributed by atoms with Gasteiger partial charge in [-0.25, -0.2) is 0 Å². The van der Waals surface area contributed by atoms with Crippen LogP contribution in [0.4, 0.5) is 0 Å². The van der Waals surface area contributed by atoms with E-state index in [-0.39, 0.29) is 36.9 Å². The molecule has 0 radical (unpaired) electrons. The van der Waals surface area contributed by atoms with Crippen LogP contribution in [0.3, 0.4) is 0 Å². The van der Waals surface area contributed by atoms with E-state index in [2.05, 4.69) is 5.32 Å². The molecule has 146 valence electrons. The number of likely N-dealkylation sites (tertiary alicyclic amines) is 1. The zero-order valence-electron chi connectivity index (χ0n) is 15.1. The third-order valence-corrected chi connectivity index (χ3v) is 4.27. The standard InChI is InChI=1S/C18H27N3O4.ClH/c1-24-15-7-2-3-8-16(15)25-13-18(23)21-11-5-4-6-14(21)12-20-17(22)9-10-19;/h2-3,7-8,14H,4-6,9-13,19H2,1H3,(H,20,22);1H. The van der Waals surface area contributed by atoms with Crippen LogP contribution >= 0.6 is 12.4 Å². The second kappa shape index (κ2) is 11.6. The highest BCUT2D eigenvalue weighted by atomic mass is 35.5. The quantitative estimate of drug-likeness (QED) is 0.704. The molecule has 2 rings (SSSR count). The fourth-order valence-corrected chi connectivity index (χ4v) is 2.95. The van der Waals surface area contributed by atoms with E-state index >= 15 is 0 Å². The maximum atomic E-state index is 12.6. The second-order valence-corrected chi connectivity index (χ2v) is 6.02. The third kappa shape index (κ3) is 6.38. The van der Waals surface area contributed by atoms with Gasteiger partial charge in [0.15, 0.2) is 18.1 Å². The van der Waals surface area contributed by atoms with E-state index < -0.39 is 0 Å². The Kier molecular flexibility index (Phi) is 9.83. The Bertz CT molecular complexity index is 585. The van der Waals surface area contributed by atoms with Crippen molar-refractivity contribution in [3.63, 3.8) is 0 Å². The van der Waals surface area contributed by atoms with Crippen molar-refractivity contribution in [1.82, 2.24) is 10.2 Å². The van der Waals surface area contributed by atoms with Crippen LogP contribution in [0.2, 0.25) is 0 Å². The van der Waals surface area contributed by atoms with Gasteiger partial charge in [-0.3, -0.25) is 9.59 Å². The van der Waals surface area contributed by atoms with E-state index in [1.807, 2.05) is 17.0 Å². The lowest BCUT2D eigenvalue weighted by Crippen LogP contribution is -2.50. The van der Waals surface area contributed by atoms with Crippen LogP contribution in [-0.2, 0) is 9.59 Å². The van der Waals surface area contributed by atoms with Crippen molar-refractivity contribution in [3.8, 4) is 11.5 Å². The first kappa shape index (κ1) is 22.1. The number of carbonyl (C=O) groups excluding carboxylic acids is 2. The lowest BCUT2D eigenvalue weighted by atomic mass is 10.0. The SMILES string of the molecule is COc1ccccc1OCC(=O)N1CCCCC1CNC(=O)CCN.Cl. The molecule has 1 aliphatic heterocycles. The predicted molar refractivity (Wildman–Crippen MR) is 102 cm³/mol. The molecule has 1 heterocycles. The number of halogens is 1. The molecular weight excluding hydrogens is 358 g/mol. The van der Waals surface area contributed by atoms with Crippen LogP contribution in [0.15, 0.2) is 24.3 Å². The first-order valence-corrected chi connectivity index (χ1v) is 8.67. The summed E-state index contributed by atoms with van der Waals surface area (Å²) in [7, 11) is 1.56. The maximum Gasteiger partial charge on any atom is 0.260 e. The number of benzene rings is 1. The number of nitrogens with zero attached hydrogens (tertiary/aromatic N) is 1. The van der Waals surface area contributed by atoms with Crippen LogP contribution < -0.4 is 20.5 Å². The summed E-state index contributed by atoms with van der Waals surface area (Å²) in [6, 6.07) is 7.24. The highest BCUT2D eigenvalue weighted by Crippen LogP contribution is 2.26. The average molecular weight is 386 g/mol. The average Bonchev–Trinajstić information content (AvgIpc) is 2.65. The van der Waals surface area contributed by atoms with Crippen molar-refractivity contribution in [3.05, 3.63) is 24.3 Å². The number of nitrogens with one attached hydrogen (secondary N) is 1. The number of amides is 2. The summed E-state index contributed by atoms with van der Waals surface area (Å²) in [5.41, 5.74) is 5.38. The highest BCUT2D eigenvalue weighted by molar-refractivity contribution is 5.85. The van der Waals surface area contributed by atoms with Gasteiger partial charge in [-0.15, -0.1) is 12.4 Å². The third-order valence-electron chi connectivity index (χ3n) is 4.27. The van der Waals surface area contributed by atoms with Gasteiger partial charge in [0.2, 0.25) is 5.91 Å². The second-order valence-electron chi connectivity index (χ2n) is 6.02. The van der Waals surface area contributed by atoms with Crippen LogP contribution in [0.5, 0.6) is 11.5 Å². The highest BCUT2D eigenvalue weighted by Gasteiger charge is 2.27. The zero-order chi connectivity index (χ0) is 18.1. The van der Waals surface area contributed by atoms with E-state index in [1.54, 1.807) is 19.2 Å². The fourth-order valence-electron chi connectivity index (χ4n) is 2.95. The normalized spacial score (nSPS) is 16.4. The van der Waals surface area contributed by atoms with E-state index in [1.165, 1.54) is 0 Å². The molecule has 0 saturated carbocycles. The summed E-state index contributed by atoms with van der Waals surface area (Å²) in [5.74, 6) is 0.983. The molecule has 8 heteroatoms. The number of piperidine rings is 1. The van der Waals surface area contributed by atoms with Gasteiger partial charge < -0.3 is 25.4 Å². The number of methoxy groups -OCH3 is 1. The largest absolute Gasteiger partial charge is 0.493 e. The van der Waals surface area contributed by atoms with Crippen LogP contribution in [0.1, 0.15) is 25.7 Å². The van der Waals surface area contributed by atoms with Crippen molar-refractivity contribution in [2.45, 2.75) is 31.7 Å². The Labute approximate surface area is 160 Å². The van der Waals surface area contributed by atoms with Gasteiger partial charge in [-0.2, -0.15) is 0 Å². The molecular formula is C18H28ClN3O4. The van der Waals surface area contributed by atoms with Crippen LogP contribution in [0, 0.1) is 0 Å². The molecule has 1 saturated heterocycles. The van der Waals surface area contributed by atoms with Crippen molar-refractivity contribution < 1.29 is 19.1 Å². The van der Waals surface area contributed by atoms with Crippen LogP contribution in [-0.4, -0.2) is 56.1 Å². The minimum absolute atomic E-state index is 0. The Morgan fingerprint density at radius 3 is 2.69 bits per heavy atom. The van der Waals surface area contributed by atoms with Crippen molar-refractivity contribution in [2.75, 3.05) is 33.4 Å². The number of carbonyl (C=O) groups is 2. The number of nitrogens with two attached hydrogens (primary N) is 1. The smallest absolute Gasteiger partial charge is 0.260 e. The molecule has 1 unspecified atom stereocenters. The maximum absolute atomic E-state index is 12.6. The van der Waals surface area contributed by atoms with Gasteiger partial charge in [-0.05, 0) is 31.4 Å². The summed E-state index contributed by atoms with van der Waals surface area (Å²) in [6.07, 6.45) is 3.20. The topological polar surface area (TPSA) is 93.9 Å². The lowest BCUT2D eigenvalue weighted by Gasteiger charge is -2.35. The van der Waals surface area contributed by atoms with Gasteiger partial charge in [0, 0.05) is 32.1 Å². The van der Waals surface area contributed by atoms with Crippen molar-refractivity contribution in [1.29, 1.82) is 0 Å². The molecule has 1 fully saturated rings. The molecule has 26 heavy (non-hydrogen) atoms. The van der Waals surface area contributed by atoms with E-state index in [9.17, 15) is 9.59 Å². The lowest BCUT2D eigenvalue weighted by molar-refractivity contribution is -0.137. The van der Waals surface area contributed by atoms with E-state index in [4.69, 9.17) is 15.2 Å². The molecule has 0 aliphatic carbocycles. The Balaban J connectivity index is 0.00000338. The Morgan fingerprint density at radius 1 is 1.27 bits per heavy atom. The molecule has 1 aliphatic rings. The molecule has 0 bridgehead atoms. The molecule has 7 nitrogen and oxygen atoms in total. The molecule has 1 atom stereocenters. The Morgan fingerprint density at radius 2 is 2.00 bits per heavy atom. The predicted octanol–water partition coefficient (Wildman–Crippen LogP) is 1.34. The van der Waals surface area contributed by atoms with Gasteiger partial charge in [0.1, 0.15) is 0 Å². The minimum Gasteiger partial charge on any atom is -0.493 e. The molecule has 2 amide bonds. The molecule has 0 aromatic heterocycles. The summed E-state index contributed by atoms with van der Waals surface area (Å²) in [4.78, 5) is 26.0. The first-order chi connectivity index (χ1) is 12.2. The van der Waals surface area contributed by atoms with Gasteiger partial charge in [-0.1, -0.05) is 12.1 Å². The van der Waals surface area contributed by atoms with E-state index in [0.717, 1.165) is 19.3 Å². The van der Waals surface area contributed by atoms with Crippen molar-refractivity contribution in [2.24, 2.45) is 5.73 Å². The fraction of sp³-hybridized carbons (Fsp3) is 0.556. The molecule has 0 spiro atoms. The summed E-state index contributed by atoms with van der Waals surface area (Å²) in [6.45, 7) is 1.42. The Hall–Kier alpha value is -1.99. The number of ether oxygens (including phenoxy) is 2. The van der Waals surface area contributed by atoms with Crippen molar-refractivity contribution >= 4 is 24.2 Å². The number of para-hydroxylation sites is 2. The number of hydrogen-bond donors (Lipinski definition) is 2. The molecule has 3 N–H and O–H groups in total.